The first-order valence-electron chi connectivity index (χ1n) is 8.17. The number of amides is 1. The van der Waals surface area contributed by atoms with Crippen LogP contribution < -0.4 is 10.1 Å². The first-order valence-corrected chi connectivity index (χ1v) is 8.17. The van der Waals surface area contributed by atoms with Gasteiger partial charge in [-0.1, -0.05) is 12.1 Å². The normalized spacial score (nSPS) is 10.2. The quantitative estimate of drug-likeness (QED) is 0.812. The predicted octanol–water partition coefficient (Wildman–Crippen LogP) is 3.81. The van der Waals surface area contributed by atoms with Gasteiger partial charge in [0.15, 0.2) is 6.61 Å². The van der Waals surface area contributed by atoms with E-state index in [1.807, 2.05) is 39.0 Å². The van der Waals surface area contributed by atoms with Gasteiger partial charge >= 0.3 is 5.97 Å². The summed E-state index contributed by atoms with van der Waals surface area (Å²) in [4.78, 5) is 24.0. The minimum absolute atomic E-state index is 0.105. The van der Waals surface area contributed by atoms with Crippen LogP contribution in [0.3, 0.4) is 0 Å². The van der Waals surface area contributed by atoms with E-state index in [1.165, 1.54) is 0 Å². The summed E-state index contributed by atoms with van der Waals surface area (Å²) in [6.07, 6.45) is 0. The molecule has 1 amide bonds. The Balaban J connectivity index is 2.02. The number of aryl methyl sites for hydroxylation is 3. The number of nitrogens with one attached hydrogen (secondary N) is 1. The average molecular weight is 341 g/mol. The predicted molar refractivity (Wildman–Crippen MR) is 97.2 cm³/mol. The third-order valence-corrected chi connectivity index (χ3v) is 3.59. The zero-order chi connectivity index (χ0) is 18.4. The minimum Gasteiger partial charge on any atom is -0.484 e. The van der Waals surface area contributed by atoms with E-state index in [0.29, 0.717) is 23.6 Å². The van der Waals surface area contributed by atoms with Gasteiger partial charge in [-0.3, -0.25) is 4.79 Å². The first kappa shape index (κ1) is 18.5. The van der Waals surface area contributed by atoms with Crippen LogP contribution in [0.15, 0.2) is 36.4 Å². The largest absolute Gasteiger partial charge is 0.484 e. The van der Waals surface area contributed by atoms with Crippen LogP contribution in [0.5, 0.6) is 5.75 Å². The molecule has 25 heavy (non-hydrogen) atoms. The van der Waals surface area contributed by atoms with Crippen molar-refractivity contribution in [3.63, 3.8) is 0 Å². The molecule has 0 radical (unpaired) electrons. The van der Waals surface area contributed by atoms with Gasteiger partial charge in [0, 0.05) is 5.69 Å². The summed E-state index contributed by atoms with van der Waals surface area (Å²) < 4.78 is 10.5. The zero-order valence-electron chi connectivity index (χ0n) is 15.0. The van der Waals surface area contributed by atoms with Gasteiger partial charge in [0.1, 0.15) is 5.75 Å². The van der Waals surface area contributed by atoms with Crippen molar-refractivity contribution in [2.24, 2.45) is 0 Å². The highest BCUT2D eigenvalue weighted by atomic mass is 16.5. The van der Waals surface area contributed by atoms with E-state index in [1.54, 1.807) is 25.1 Å². The molecular weight excluding hydrogens is 318 g/mol. The van der Waals surface area contributed by atoms with Crippen LogP contribution in [0.4, 0.5) is 5.69 Å². The Morgan fingerprint density at radius 2 is 1.68 bits per heavy atom. The standard InChI is InChI=1S/C20H23NO4/c1-5-24-20(23)16-7-6-15(4)18(11-16)21-19(22)12-25-17-9-13(2)8-14(3)10-17/h6-11H,5,12H2,1-4H3,(H,21,22). The molecule has 0 spiro atoms. The molecule has 0 saturated heterocycles. The number of hydrogen-bond donors (Lipinski definition) is 1. The molecule has 0 unspecified atom stereocenters. The lowest BCUT2D eigenvalue weighted by Crippen LogP contribution is -2.21. The van der Waals surface area contributed by atoms with E-state index >= 15 is 0 Å². The van der Waals surface area contributed by atoms with Gasteiger partial charge in [0.05, 0.1) is 12.2 Å². The van der Waals surface area contributed by atoms with Crippen LogP contribution in [-0.2, 0) is 9.53 Å². The second-order valence-corrected chi connectivity index (χ2v) is 5.91. The van der Waals surface area contributed by atoms with Crippen LogP contribution in [-0.4, -0.2) is 25.1 Å². The fourth-order valence-corrected chi connectivity index (χ4v) is 2.45. The fourth-order valence-electron chi connectivity index (χ4n) is 2.45. The van der Waals surface area contributed by atoms with Gasteiger partial charge in [-0.2, -0.15) is 0 Å². The van der Waals surface area contributed by atoms with E-state index in [4.69, 9.17) is 9.47 Å². The topological polar surface area (TPSA) is 64.6 Å². The summed E-state index contributed by atoms with van der Waals surface area (Å²) in [5.41, 5.74) is 3.98. The van der Waals surface area contributed by atoms with Crippen LogP contribution in [0.2, 0.25) is 0 Å². The van der Waals surface area contributed by atoms with Gasteiger partial charge in [-0.05, 0) is 68.7 Å². The van der Waals surface area contributed by atoms with Crippen molar-refractivity contribution in [1.29, 1.82) is 0 Å². The van der Waals surface area contributed by atoms with Crippen LogP contribution in [0.1, 0.15) is 34.0 Å². The lowest BCUT2D eigenvalue weighted by molar-refractivity contribution is -0.118. The molecule has 0 fully saturated rings. The lowest BCUT2D eigenvalue weighted by Gasteiger charge is -2.12. The number of carbonyl (C=O) groups excluding carboxylic acids is 2. The second kappa shape index (κ2) is 8.33. The maximum absolute atomic E-state index is 12.2. The highest BCUT2D eigenvalue weighted by molar-refractivity contribution is 5.96. The molecule has 0 aliphatic heterocycles. The fraction of sp³-hybridized carbons (Fsp3) is 0.300. The molecule has 0 bridgehead atoms. The van der Waals surface area contributed by atoms with Crippen molar-refractivity contribution in [2.75, 3.05) is 18.5 Å². The monoisotopic (exact) mass is 341 g/mol. The number of anilines is 1. The highest BCUT2D eigenvalue weighted by Gasteiger charge is 2.11. The molecule has 0 heterocycles. The summed E-state index contributed by atoms with van der Waals surface area (Å²) >= 11 is 0. The van der Waals surface area contributed by atoms with Crippen molar-refractivity contribution in [3.05, 3.63) is 58.7 Å². The Morgan fingerprint density at radius 1 is 1.00 bits per heavy atom. The number of ether oxygens (including phenoxy) is 2. The zero-order valence-corrected chi connectivity index (χ0v) is 15.0. The first-order chi connectivity index (χ1) is 11.9. The van der Waals surface area contributed by atoms with E-state index < -0.39 is 5.97 Å². The molecule has 0 aliphatic carbocycles. The molecule has 132 valence electrons. The number of benzene rings is 2. The maximum Gasteiger partial charge on any atom is 0.338 e. The summed E-state index contributed by atoms with van der Waals surface area (Å²) in [7, 11) is 0. The minimum atomic E-state index is -0.413. The smallest absolute Gasteiger partial charge is 0.338 e. The van der Waals surface area contributed by atoms with Crippen LogP contribution in [0, 0.1) is 20.8 Å². The van der Waals surface area contributed by atoms with Crippen molar-refractivity contribution in [1.82, 2.24) is 0 Å². The highest BCUT2D eigenvalue weighted by Crippen LogP contribution is 2.19. The molecule has 2 aromatic rings. The third kappa shape index (κ3) is 5.35. The number of hydrogen-bond acceptors (Lipinski definition) is 4. The summed E-state index contributed by atoms with van der Waals surface area (Å²) in [6.45, 7) is 7.76. The van der Waals surface area contributed by atoms with Gasteiger partial charge in [0.25, 0.3) is 5.91 Å². The lowest BCUT2D eigenvalue weighted by atomic mass is 10.1. The van der Waals surface area contributed by atoms with Crippen molar-refractivity contribution in [3.8, 4) is 5.75 Å². The number of carbonyl (C=O) groups is 2. The van der Waals surface area contributed by atoms with E-state index in [2.05, 4.69) is 5.32 Å². The molecule has 5 nitrogen and oxygen atoms in total. The van der Waals surface area contributed by atoms with Crippen molar-refractivity contribution >= 4 is 17.6 Å². The van der Waals surface area contributed by atoms with Gasteiger partial charge in [0.2, 0.25) is 0 Å². The molecule has 0 atom stereocenters. The maximum atomic E-state index is 12.2. The van der Waals surface area contributed by atoms with E-state index in [9.17, 15) is 9.59 Å². The van der Waals surface area contributed by atoms with E-state index in [0.717, 1.165) is 16.7 Å². The van der Waals surface area contributed by atoms with Crippen molar-refractivity contribution in [2.45, 2.75) is 27.7 Å². The Hall–Kier alpha value is -2.82. The third-order valence-electron chi connectivity index (χ3n) is 3.59. The molecule has 1 N–H and O–H groups in total. The molecule has 0 aliphatic rings. The molecule has 0 saturated carbocycles. The Kier molecular flexibility index (Phi) is 6.17. The van der Waals surface area contributed by atoms with Gasteiger partial charge in [-0.15, -0.1) is 0 Å². The second-order valence-electron chi connectivity index (χ2n) is 5.91. The SMILES string of the molecule is CCOC(=O)c1ccc(C)c(NC(=O)COc2cc(C)cc(C)c2)c1. The Morgan fingerprint density at radius 3 is 2.32 bits per heavy atom. The molecule has 0 aromatic heterocycles. The van der Waals surface area contributed by atoms with Crippen LogP contribution in [0.25, 0.3) is 0 Å². The van der Waals surface area contributed by atoms with Gasteiger partial charge < -0.3 is 14.8 Å². The molecule has 2 rings (SSSR count). The van der Waals surface area contributed by atoms with Crippen molar-refractivity contribution < 1.29 is 19.1 Å². The summed E-state index contributed by atoms with van der Waals surface area (Å²) in [5.74, 6) is -0.0441. The van der Waals surface area contributed by atoms with Gasteiger partial charge in [-0.25, -0.2) is 4.79 Å². The van der Waals surface area contributed by atoms with E-state index in [-0.39, 0.29) is 12.5 Å². The number of rotatable bonds is 6. The summed E-state index contributed by atoms with van der Waals surface area (Å²) in [6, 6.07) is 10.9. The molecule has 5 heteroatoms. The average Bonchev–Trinajstić information content (AvgIpc) is 2.54. The Bertz CT molecular complexity index is 763. The Labute approximate surface area is 148 Å². The number of esters is 1. The van der Waals surface area contributed by atoms with Crippen LogP contribution >= 0.6 is 0 Å². The molecule has 2 aromatic carbocycles. The molecular formula is C20H23NO4. The summed E-state index contributed by atoms with van der Waals surface area (Å²) in [5, 5.41) is 2.78.